The van der Waals surface area contributed by atoms with Crippen molar-refractivity contribution in [2.24, 2.45) is 11.8 Å². The molecule has 2 aliphatic rings. The molecule has 0 aromatic carbocycles. The summed E-state index contributed by atoms with van der Waals surface area (Å²) in [6.45, 7) is 5.78. The number of nitrogens with zero attached hydrogens (tertiary/aromatic N) is 1. The van der Waals surface area contributed by atoms with Crippen LogP contribution in [-0.2, 0) is 9.53 Å². The highest BCUT2D eigenvalue weighted by molar-refractivity contribution is 5.83. The van der Waals surface area contributed by atoms with E-state index < -0.39 is 12.0 Å². The Bertz CT molecular complexity index is 368. The van der Waals surface area contributed by atoms with Gasteiger partial charge in [-0.1, -0.05) is 6.92 Å². The lowest BCUT2D eigenvalue weighted by atomic mass is 9.91. The van der Waals surface area contributed by atoms with Crippen molar-refractivity contribution in [1.82, 2.24) is 10.2 Å². The number of aliphatic carboxylic acids is 1. The second-order valence-corrected chi connectivity index (χ2v) is 5.96. The lowest BCUT2D eigenvalue weighted by Gasteiger charge is -2.38. The van der Waals surface area contributed by atoms with E-state index in [1.807, 2.05) is 13.8 Å². The molecule has 0 saturated carbocycles. The monoisotopic (exact) mass is 284 g/mol. The standard InChI is InChI=1S/C14H24N2O4/c1-9-4-3-6-16(12(9)13(17)18)14(19)15-10(2)11-5-7-20-8-11/h9-12H,3-8H2,1-2H3,(H,15,19)(H,17,18). The van der Waals surface area contributed by atoms with Crippen molar-refractivity contribution < 1.29 is 19.4 Å². The first-order chi connectivity index (χ1) is 9.50. The summed E-state index contributed by atoms with van der Waals surface area (Å²) in [5.41, 5.74) is 0. The summed E-state index contributed by atoms with van der Waals surface area (Å²) in [6, 6.07) is -0.962. The molecule has 2 aliphatic heterocycles. The van der Waals surface area contributed by atoms with Gasteiger partial charge in [-0.25, -0.2) is 9.59 Å². The van der Waals surface area contributed by atoms with E-state index in [-0.39, 0.29) is 18.0 Å². The second kappa shape index (κ2) is 6.43. The average molecular weight is 284 g/mol. The van der Waals surface area contributed by atoms with Gasteiger partial charge in [0.25, 0.3) is 0 Å². The first kappa shape index (κ1) is 15.1. The second-order valence-electron chi connectivity index (χ2n) is 5.96. The van der Waals surface area contributed by atoms with Crippen LogP contribution >= 0.6 is 0 Å². The molecule has 0 radical (unpaired) electrons. The van der Waals surface area contributed by atoms with Gasteiger partial charge in [-0.3, -0.25) is 0 Å². The van der Waals surface area contributed by atoms with E-state index in [4.69, 9.17) is 4.74 Å². The van der Waals surface area contributed by atoms with Crippen LogP contribution in [0.4, 0.5) is 4.79 Å². The number of carboxylic acid groups (broad SMARTS) is 1. The highest BCUT2D eigenvalue weighted by Gasteiger charge is 2.37. The Kier molecular flexibility index (Phi) is 4.86. The van der Waals surface area contributed by atoms with E-state index in [1.54, 1.807) is 0 Å². The molecule has 0 aromatic rings. The lowest BCUT2D eigenvalue weighted by molar-refractivity contribution is -0.145. The lowest BCUT2D eigenvalue weighted by Crippen LogP contribution is -2.57. The van der Waals surface area contributed by atoms with Crippen LogP contribution in [0.25, 0.3) is 0 Å². The fraction of sp³-hybridized carbons (Fsp3) is 0.857. The van der Waals surface area contributed by atoms with Gasteiger partial charge in [-0.05, 0) is 32.1 Å². The molecule has 0 bridgehead atoms. The maximum Gasteiger partial charge on any atom is 0.326 e. The van der Waals surface area contributed by atoms with E-state index in [2.05, 4.69) is 5.32 Å². The Balaban J connectivity index is 1.97. The Morgan fingerprint density at radius 3 is 2.75 bits per heavy atom. The zero-order valence-corrected chi connectivity index (χ0v) is 12.2. The van der Waals surface area contributed by atoms with Crippen molar-refractivity contribution in [3.63, 3.8) is 0 Å². The van der Waals surface area contributed by atoms with Gasteiger partial charge in [0.1, 0.15) is 6.04 Å². The summed E-state index contributed by atoms with van der Waals surface area (Å²) < 4.78 is 5.32. The van der Waals surface area contributed by atoms with E-state index >= 15 is 0 Å². The van der Waals surface area contributed by atoms with Gasteiger partial charge in [0.2, 0.25) is 0 Å². The third-order valence-corrected chi connectivity index (χ3v) is 4.47. The molecule has 2 rings (SSSR count). The topological polar surface area (TPSA) is 78.9 Å². The molecular formula is C14H24N2O4. The molecule has 6 nitrogen and oxygen atoms in total. The minimum atomic E-state index is -0.913. The summed E-state index contributed by atoms with van der Waals surface area (Å²) in [7, 11) is 0. The average Bonchev–Trinajstić information content (AvgIpc) is 2.91. The highest BCUT2D eigenvalue weighted by Crippen LogP contribution is 2.24. The largest absolute Gasteiger partial charge is 0.480 e. The number of carbonyl (C=O) groups is 2. The van der Waals surface area contributed by atoms with Crippen LogP contribution in [0, 0.1) is 11.8 Å². The molecule has 114 valence electrons. The fourth-order valence-electron chi connectivity index (χ4n) is 3.13. The first-order valence-corrected chi connectivity index (χ1v) is 7.38. The minimum Gasteiger partial charge on any atom is -0.480 e. The molecule has 0 aliphatic carbocycles. The van der Waals surface area contributed by atoms with Crippen LogP contribution in [0.1, 0.15) is 33.1 Å². The third kappa shape index (κ3) is 3.23. The number of rotatable bonds is 3. The van der Waals surface area contributed by atoms with Crippen molar-refractivity contribution in [2.45, 2.75) is 45.2 Å². The maximum atomic E-state index is 12.3. The van der Waals surface area contributed by atoms with Gasteiger partial charge in [0, 0.05) is 25.1 Å². The summed E-state index contributed by atoms with van der Waals surface area (Å²) >= 11 is 0. The Morgan fingerprint density at radius 2 is 2.15 bits per heavy atom. The van der Waals surface area contributed by atoms with E-state index in [9.17, 15) is 14.7 Å². The van der Waals surface area contributed by atoms with Gasteiger partial charge < -0.3 is 20.1 Å². The zero-order valence-electron chi connectivity index (χ0n) is 12.2. The number of likely N-dealkylation sites (tertiary alicyclic amines) is 1. The molecule has 20 heavy (non-hydrogen) atoms. The Morgan fingerprint density at radius 1 is 1.40 bits per heavy atom. The summed E-state index contributed by atoms with van der Waals surface area (Å²) in [6.07, 6.45) is 2.66. The van der Waals surface area contributed by atoms with Gasteiger partial charge in [0.15, 0.2) is 0 Å². The predicted octanol–water partition coefficient (Wildman–Crippen LogP) is 1.31. The molecule has 2 N–H and O–H groups in total. The number of carbonyl (C=O) groups excluding carboxylic acids is 1. The number of hydrogen-bond acceptors (Lipinski definition) is 3. The SMILES string of the molecule is CC1CCCN(C(=O)NC(C)C2CCOC2)C1C(=O)O. The molecule has 2 fully saturated rings. The molecule has 4 unspecified atom stereocenters. The van der Waals surface area contributed by atoms with Crippen molar-refractivity contribution in [3.05, 3.63) is 0 Å². The number of carboxylic acids is 1. The predicted molar refractivity (Wildman–Crippen MR) is 73.4 cm³/mol. The van der Waals surface area contributed by atoms with Gasteiger partial charge in [0.05, 0.1) is 6.61 Å². The molecule has 0 aromatic heterocycles. The number of ether oxygens (including phenoxy) is 1. The van der Waals surface area contributed by atoms with Crippen molar-refractivity contribution >= 4 is 12.0 Å². The molecular weight excluding hydrogens is 260 g/mol. The molecule has 0 spiro atoms. The number of amides is 2. The summed E-state index contributed by atoms with van der Waals surface area (Å²) in [4.78, 5) is 25.2. The van der Waals surface area contributed by atoms with E-state index in [0.29, 0.717) is 19.1 Å². The Hall–Kier alpha value is -1.30. The van der Waals surface area contributed by atoms with Gasteiger partial charge in [-0.15, -0.1) is 0 Å². The van der Waals surface area contributed by atoms with Crippen LogP contribution in [0.15, 0.2) is 0 Å². The van der Waals surface area contributed by atoms with E-state index in [0.717, 1.165) is 25.9 Å². The fourth-order valence-corrected chi connectivity index (χ4v) is 3.13. The summed E-state index contributed by atoms with van der Waals surface area (Å²) in [5, 5.41) is 12.3. The van der Waals surface area contributed by atoms with Crippen LogP contribution < -0.4 is 5.32 Å². The number of piperidine rings is 1. The van der Waals surface area contributed by atoms with Crippen LogP contribution in [-0.4, -0.2) is 53.8 Å². The normalized spacial score (nSPS) is 31.9. The third-order valence-electron chi connectivity index (χ3n) is 4.47. The number of hydrogen-bond donors (Lipinski definition) is 2. The summed E-state index contributed by atoms with van der Waals surface area (Å²) in [5.74, 6) is -0.592. The zero-order chi connectivity index (χ0) is 14.7. The number of urea groups is 1. The molecule has 2 heterocycles. The molecule has 2 saturated heterocycles. The smallest absolute Gasteiger partial charge is 0.326 e. The molecule has 4 atom stereocenters. The van der Waals surface area contributed by atoms with Crippen LogP contribution in [0.3, 0.4) is 0 Å². The first-order valence-electron chi connectivity index (χ1n) is 7.38. The van der Waals surface area contributed by atoms with Gasteiger partial charge in [-0.2, -0.15) is 0 Å². The molecule has 6 heteroatoms. The van der Waals surface area contributed by atoms with E-state index in [1.165, 1.54) is 4.90 Å². The molecule has 2 amide bonds. The maximum absolute atomic E-state index is 12.3. The quantitative estimate of drug-likeness (QED) is 0.819. The Labute approximate surface area is 119 Å². The highest BCUT2D eigenvalue weighted by atomic mass is 16.5. The minimum absolute atomic E-state index is 0.00267. The van der Waals surface area contributed by atoms with Gasteiger partial charge >= 0.3 is 12.0 Å². The van der Waals surface area contributed by atoms with Crippen molar-refractivity contribution in [3.8, 4) is 0 Å². The van der Waals surface area contributed by atoms with Crippen molar-refractivity contribution in [2.75, 3.05) is 19.8 Å². The van der Waals surface area contributed by atoms with Crippen molar-refractivity contribution in [1.29, 1.82) is 0 Å². The number of nitrogens with one attached hydrogen (secondary N) is 1. The van der Waals surface area contributed by atoms with Crippen LogP contribution in [0.2, 0.25) is 0 Å². The van der Waals surface area contributed by atoms with Crippen LogP contribution in [0.5, 0.6) is 0 Å².